The van der Waals surface area contributed by atoms with E-state index in [1.807, 2.05) is 19.9 Å². The molecule has 0 radical (unpaired) electrons. The Morgan fingerprint density at radius 1 is 1.39 bits per heavy atom. The van der Waals surface area contributed by atoms with Gasteiger partial charge in [0.2, 0.25) is 5.91 Å². The van der Waals surface area contributed by atoms with Crippen LogP contribution < -0.4 is 5.32 Å². The van der Waals surface area contributed by atoms with Crippen LogP contribution in [0.5, 0.6) is 0 Å². The monoisotopic (exact) mass is 315 g/mol. The van der Waals surface area contributed by atoms with E-state index in [0.29, 0.717) is 30.0 Å². The Balaban J connectivity index is 1.65. The molecule has 1 amide bonds. The number of carboxylic acids is 1. The molecule has 1 atom stereocenters. The summed E-state index contributed by atoms with van der Waals surface area (Å²) < 4.78 is 1.61. The molecule has 0 saturated heterocycles. The molecule has 0 saturated carbocycles. The quantitative estimate of drug-likeness (QED) is 0.854. The van der Waals surface area contributed by atoms with E-state index in [2.05, 4.69) is 20.4 Å². The van der Waals surface area contributed by atoms with E-state index in [4.69, 9.17) is 5.11 Å². The van der Waals surface area contributed by atoms with Gasteiger partial charge < -0.3 is 10.4 Å². The minimum Gasteiger partial charge on any atom is -0.478 e. The molecule has 0 fully saturated rings. The number of hydrogen-bond donors (Lipinski definition) is 2. The van der Waals surface area contributed by atoms with E-state index in [-0.39, 0.29) is 18.4 Å². The second kappa shape index (κ2) is 5.79. The van der Waals surface area contributed by atoms with Crippen LogP contribution in [0.3, 0.4) is 0 Å². The number of aliphatic carboxylic acids is 1. The summed E-state index contributed by atoms with van der Waals surface area (Å²) in [7, 11) is 0. The van der Waals surface area contributed by atoms with Crippen molar-refractivity contribution in [1.82, 2.24) is 24.9 Å². The molecule has 120 valence electrons. The lowest BCUT2D eigenvalue weighted by Gasteiger charge is -2.11. The predicted octanol–water partition coefficient (Wildman–Crippen LogP) is 0.573. The third kappa shape index (κ3) is 3.20. The minimum atomic E-state index is -0.930. The molecule has 2 aromatic rings. The van der Waals surface area contributed by atoms with Crippen molar-refractivity contribution in [3.05, 3.63) is 34.9 Å². The molecule has 8 nitrogen and oxygen atoms in total. The van der Waals surface area contributed by atoms with E-state index in [1.54, 1.807) is 10.6 Å². The second-order valence-corrected chi connectivity index (χ2v) is 5.69. The second-order valence-electron chi connectivity index (χ2n) is 5.69. The molecular formula is C15H17N5O3. The molecular weight excluding hydrogens is 298 g/mol. The normalized spacial score (nSPS) is 17.3. The lowest BCUT2D eigenvalue weighted by Crippen LogP contribution is -2.34. The third-order valence-corrected chi connectivity index (χ3v) is 3.74. The van der Waals surface area contributed by atoms with Crippen LogP contribution in [0.15, 0.2) is 17.7 Å². The fraction of sp³-hybridized carbons (Fsp3) is 0.400. The minimum absolute atomic E-state index is 0.0424. The van der Waals surface area contributed by atoms with E-state index in [0.717, 1.165) is 11.4 Å². The number of rotatable bonds is 4. The molecule has 0 bridgehead atoms. The molecule has 8 heteroatoms. The van der Waals surface area contributed by atoms with E-state index in [9.17, 15) is 9.59 Å². The van der Waals surface area contributed by atoms with Crippen LogP contribution in [0.25, 0.3) is 5.78 Å². The predicted molar refractivity (Wildman–Crippen MR) is 80.8 cm³/mol. The Labute approximate surface area is 132 Å². The Hall–Kier alpha value is -2.77. The number of hydrogen-bond acceptors (Lipinski definition) is 5. The maximum Gasteiger partial charge on any atom is 0.331 e. The first-order valence-electron chi connectivity index (χ1n) is 7.34. The Morgan fingerprint density at radius 3 is 2.87 bits per heavy atom. The number of nitrogens with zero attached hydrogens (tertiary/aromatic N) is 4. The van der Waals surface area contributed by atoms with Crippen molar-refractivity contribution >= 4 is 17.7 Å². The number of nitrogens with one attached hydrogen (secondary N) is 1. The number of carbonyl (C=O) groups excluding carboxylic acids is 1. The summed E-state index contributed by atoms with van der Waals surface area (Å²) in [5, 5.41) is 16.0. The number of aryl methyl sites for hydroxylation is 2. The third-order valence-electron chi connectivity index (χ3n) is 3.74. The van der Waals surface area contributed by atoms with Crippen LogP contribution in [-0.2, 0) is 16.0 Å². The molecule has 2 N–H and O–H groups in total. The number of carboxylic acid groups (broad SMARTS) is 1. The lowest BCUT2D eigenvalue weighted by atomic mass is 10.2. The van der Waals surface area contributed by atoms with Crippen molar-refractivity contribution in [2.24, 2.45) is 0 Å². The largest absolute Gasteiger partial charge is 0.478 e. The molecule has 1 aliphatic carbocycles. The highest BCUT2D eigenvalue weighted by Gasteiger charge is 2.23. The van der Waals surface area contributed by atoms with Crippen LogP contribution in [0.4, 0.5) is 0 Å². The molecule has 3 rings (SSSR count). The van der Waals surface area contributed by atoms with E-state index in [1.165, 1.54) is 0 Å². The van der Waals surface area contributed by atoms with Gasteiger partial charge in [0, 0.05) is 23.0 Å². The summed E-state index contributed by atoms with van der Waals surface area (Å²) in [4.78, 5) is 31.5. The van der Waals surface area contributed by atoms with Gasteiger partial charge in [-0.3, -0.25) is 4.79 Å². The fourth-order valence-electron chi connectivity index (χ4n) is 2.71. The Morgan fingerprint density at radius 2 is 2.17 bits per heavy atom. The van der Waals surface area contributed by atoms with Gasteiger partial charge in [0.25, 0.3) is 5.78 Å². The van der Waals surface area contributed by atoms with Crippen molar-refractivity contribution in [2.45, 2.75) is 39.2 Å². The number of amides is 1. The van der Waals surface area contributed by atoms with Crippen molar-refractivity contribution in [1.29, 1.82) is 0 Å². The molecule has 0 spiro atoms. The fourth-order valence-corrected chi connectivity index (χ4v) is 2.71. The first-order valence-corrected chi connectivity index (χ1v) is 7.34. The summed E-state index contributed by atoms with van der Waals surface area (Å²) in [6.45, 7) is 3.78. The molecule has 0 aromatic carbocycles. The first-order chi connectivity index (χ1) is 10.9. The van der Waals surface area contributed by atoms with Crippen molar-refractivity contribution in [2.75, 3.05) is 0 Å². The van der Waals surface area contributed by atoms with Gasteiger partial charge in [0.15, 0.2) is 5.82 Å². The number of fused-ring (bicyclic) bond motifs is 1. The van der Waals surface area contributed by atoms with Gasteiger partial charge in [0.1, 0.15) is 0 Å². The first kappa shape index (κ1) is 15.1. The topological polar surface area (TPSA) is 109 Å². The van der Waals surface area contributed by atoms with Gasteiger partial charge in [-0.2, -0.15) is 4.98 Å². The van der Waals surface area contributed by atoms with Crippen molar-refractivity contribution in [3.8, 4) is 0 Å². The van der Waals surface area contributed by atoms with Gasteiger partial charge in [-0.25, -0.2) is 14.3 Å². The van der Waals surface area contributed by atoms with Crippen LogP contribution in [0, 0.1) is 13.8 Å². The van der Waals surface area contributed by atoms with Crippen LogP contribution in [0.1, 0.15) is 30.1 Å². The SMILES string of the molecule is Cc1cc(C)n2nc(CC(=O)NC3CC=C(C(=O)O)C3)nc2n1. The summed E-state index contributed by atoms with van der Waals surface area (Å²) in [5.74, 6) is -0.282. The molecule has 0 aliphatic heterocycles. The molecule has 1 aliphatic rings. The zero-order valence-electron chi connectivity index (χ0n) is 12.9. The molecule has 2 heterocycles. The van der Waals surface area contributed by atoms with E-state index < -0.39 is 5.97 Å². The number of carbonyl (C=O) groups is 2. The average Bonchev–Trinajstić information content (AvgIpc) is 3.05. The zero-order chi connectivity index (χ0) is 16.6. The molecule has 23 heavy (non-hydrogen) atoms. The lowest BCUT2D eigenvalue weighted by molar-refractivity contribution is -0.133. The highest BCUT2D eigenvalue weighted by molar-refractivity contribution is 5.87. The van der Waals surface area contributed by atoms with Gasteiger partial charge in [-0.15, -0.1) is 5.10 Å². The van der Waals surface area contributed by atoms with Gasteiger partial charge in [-0.05, 0) is 32.8 Å². The molecule has 2 aromatic heterocycles. The highest BCUT2D eigenvalue weighted by Crippen LogP contribution is 2.18. The maximum atomic E-state index is 12.1. The van der Waals surface area contributed by atoms with E-state index >= 15 is 0 Å². The summed E-state index contributed by atoms with van der Waals surface area (Å²) >= 11 is 0. The van der Waals surface area contributed by atoms with Crippen LogP contribution >= 0.6 is 0 Å². The standard InChI is InChI=1S/C15H17N5O3/c1-8-5-9(2)20-15(16-8)18-12(19-20)7-13(21)17-11-4-3-10(6-11)14(22)23/h3,5,11H,4,6-7H2,1-2H3,(H,17,21)(H,22,23). The average molecular weight is 315 g/mol. The highest BCUT2D eigenvalue weighted by atomic mass is 16.4. The maximum absolute atomic E-state index is 12.1. The van der Waals surface area contributed by atoms with Gasteiger partial charge in [0.05, 0.1) is 6.42 Å². The number of aromatic nitrogens is 4. The Bertz CT molecular complexity index is 824. The van der Waals surface area contributed by atoms with Gasteiger partial charge in [-0.1, -0.05) is 6.08 Å². The zero-order valence-corrected chi connectivity index (χ0v) is 12.9. The van der Waals surface area contributed by atoms with Crippen LogP contribution in [0.2, 0.25) is 0 Å². The van der Waals surface area contributed by atoms with Crippen molar-refractivity contribution in [3.63, 3.8) is 0 Å². The smallest absolute Gasteiger partial charge is 0.331 e. The van der Waals surface area contributed by atoms with Crippen LogP contribution in [-0.4, -0.2) is 42.6 Å². The summed E-state index contributed by atoms with van der Waals surface area (Å²) in [6, 6.07) is 1.72. The van der Waals surface area contributed by atoms with Gasteiger partial charge >= 0.3 is 5.97 Å². The summed E-state index contributed by atoms with van der Waals surface area (Å²) in [5.41, 5.74) is 2.09. The van der Waals surface area contributed by atoms with Crippen molar-refractivity contribution < 1.29 is 14.7 Å². The summed E-state index contributed by atoms with van der Waals surface area (Å²) in [6.07, 6.45) is 2.57. The molecule has 1 unspecified atom stereocenters. The Kier molecular flexibility index (Phi) is 3.81.